The largest absolute Gasteiger partial charge is 0.481 e. The smallest absolute Gasteiger partial charge is 0.270 e. The van der Waals surface area contributed by atoms with Crippen LogP contribution in [0.2, 0.25) is 0 Å². The molecule has 0 unspecified atom stereocenters. The van der Waals surface area contributed by atoms with Crippen molar-refractivity contribution in [1.82, 2.24) is 5.32 Å². The molecule has 1 N–H and O–H groups in total. The van der Waals surface area contributed by atoms with Crippen LogP contribution < -0.4 is 10.1 Å². The average molecular weight is 262 g/mol. The third-order valence-electron chi connectivity index (χ3n) is 2.38. The van der Waals surface area contributed by atoms with Crippen LogP contribution in [0.5, 0.6) is 5.75 Å². The van der Waals surface area contributed by atoms with Gasteiger partial charge in [0.05, 0.1) is 4.92 Å². The second kappa shape index (κ2) is 6.21. The third kappa shape index (κ3) is 4.98. The molecule has 0 bridgehead atoms. The highest BCUT2D eigenvalue weighted by Crippen LogP contribution is 2.24. The van der Waals surface area contributed by atoms with Crippen molar-refractivity contribution in [3.8, 4) is 18.1 Å². The van der Waals surface area contributed by atoms with E-state index in [9.17, 15) is 10.1 Å². The van der Waals surface area contributed by atoms with E-state index in [1.807, 2.05) is 20.8 Å². The first-order chi connectivity index (χ1) is 8.83. The molecule has 0 saturated heterocycles. The number of nitrogens with zero attached hydrogens (tertiary/aromatic N) is 1. The van der Waals surface area contributed by atoms with Crippen LogP contribution in [0.3, 0.4) is 0 Å². The maximum Gasteiger partial charge on any atom is 0.270 e. The van der Waals surface area contributed by atoms with Gasteiger partial charge in [-0.2, -0.15) is 0 Å². The molecule has 0 aliphatic carbocycles. The van der Waals surface area contributed by atoms with E-state index in [4.69, 9.17) is 11.2 Å². The van der Waals surface area contributed by atoms with E-state index in [0.717, 1.165) is 5.56 Å². The Labute approximate surface area is 113 Å². The number of non-ortho nitro benzene ring substituents is 1. The number of nitrogens with one attached hydrogen (secondary N) is 1. The molecule has 1 aromatic carbocycles. The highest BCUT2D eigenvalue weighted by atomic mass is 16.6. The van der Waals surface area contributed by atoms with E-state index in [2.05, 4.69) is 11.2 Å². The summed E-state index contributed by atoms with van der Waals surface area (Å²) in [7, 11) is 0. The van der Waals surface area contributed by atoms with Crippen molar-refractivity contribution in [2.24, 2.45) is 0 Å². The lowest BCUT2D eigenvalue weighted by Crippen LogP contribution is -2.35. The fourth-order valence-electron chi connectivity index (χ4n) is 1.44. The summed E-state index contributed by atoms with van der Waals surface area (Å²) in [6, 6.07) is 4.49. The Bertz CT molecular complexity index is 498. The Morgan fingerprint density at radius 3 is 2.68 bits per heavy atom. The second-order valence-electron chi connectivity index (χ2n) is 5.15. The molecule has 0 spiro atoms. The van der Waals surface area contributed by atoms with Crippen LogP contribution in [0.1, 0.15) is 26.3 Å². The number of hydrogen-bond donors (Lipinski definition) is 1. The molecule has 0 atom stereocenters. The van der Waals surface area contributed by atoms with Crippen LogP contribution in [-0.2, 0) is 6.54 Å². The lowest BCUT2D eigenvalue weighted by atomic mass is 10.1. The van der Waals surface area contributed by atoms with E-state index in [0.29, 0.717) is 12.3 Å². The molecule has 0 saturated carbocycles. The fourth-order valence-corrected chi connectivity index (χ4v) is 1.44. The molecule has 0 heterocycles. The number of rotatable bonds is 5. The summed E-state index contributed by atoms with van der Waals surface area (Å²) in [4.78, 5) is 10.4. The van der Waals surface area contributed by atoms with Gasteiger partial charge in [-0.05, 0) is 26.8 Å². The van der Waals surface area contributed by atoms with Gasteiger partial charge in [-0.15, -0.1) is 6.42 Å². The van der Waals surface area contributed by atoms with Crippen molar-refractivity contribution in [1.29, 1.82) is 0 Å². The van der Waals surface area contributed by atoms with Crippen LogP contribution in [-0.4, -0.2) is 17.1 Å². The van der Waals surface area contributed by atoms with Crippen molar-refractivity contribution in [3.05, 3.63) is 33.9 Å². The van der Waals surface area contributed by atoms with Gasteiger partial charge in [0, 0.05) is 29.8 Å². The highest BCUT2D eigenvalue weighted by molar-refractivity contribution is 5.44. The lowest BCUT2D eigenvalue weighted by molar-refractivity contribution is -0.384. The predicted molar refractivity (Wildman–Crippen MR) is 74.0 cm³/mol. The molecular weight excluding hydrogens is 244 g/mol. The molecule has 19 heavy (non-hydrogen) atoms. The van der Waals surface area contributed by atoms with E-state index >= 15 is 0 Å². The zero-order chi connectivity index (χ0) is 14.5. The number of ether oxygens (including phenoxy) is 1. The lowest BCUT2D eigenvalue weighted by Gasteiger charge is -2.21. The first kappa shape index (κ1) is 15.0. The topological polar surface area (TPSA) is 64.4 Å². The minimum atomic E-state index is -0.425. The second-order valence-corrected chi connectivity index (χ2v) is 5.15. The minimum absolute atomic E-state index is 0.0405. The van der Waals surface area contributed by atoms with Gasteiger partial charge in [0.25, 0.3) is 5.69 Å². The summed E-state index contributed by atoms with van der Waals surface area (Å²) in [5.74, 6) is 2.95. The normalized spacial score (nSPS) is 10.8. The van der Waals surface area contributed by atoms with E-state index in [1.165, 1.54) is 12.1 Å². The Kier molecular flexibility index (Phi) is 4.90. The number of terminal acetylenes is 1. The molecule has 5 heteroatoms. The van der Waals surface area contributed by atoms with E-state index in [1.54, 1.807) is 6.07 Å². The standard InChI is InChI=1S/C14H18N2O3/c1-5-8-19-13-7-6-12(16(17)18)9-11(13)10-15-14(2,3)4/h1,6-7,9,15H,8,10H2,2-4H3. The zero-order valence-electron chi connectivity index (χ0n) is 11.4. The third-order valence-corrected chi connectivity index (χ3v) is 2.38. The summed E-state index contributed by atoms with van der Waals surface area (Å²) in [5.41, 5.74) is 0.673. The van der Waals surface area contributed by atoms with Crippen LogP contribution in [0, 0.1) is 22.5 Å². The number of nitro benzene ring substituents is 1. The molecule has 0 fully saturated rings. The molecule has 102 valence electrons. The van der Waals surface area contributed by atoms with Crippen LogP contribution in [0.4, 0.5) is 5.69 Å². The van der Waals surface area contributed by atoms with Gasteiger partial charge in [-0.3, -0.25) is 10.1 Å². The monoisotopic (exact) mass is 262 g/mol. The van der Waals surface area contributed by atoms with Crippen molar-refractivity contribution in [2.75, 3.05) is 6.61 Å². The zero-order valence-corrected chi connectivity index (χ0v) is 11.4. The van der Waals surface area contributed by atoms with Gasteiger partial charge >= 0.3 is 0 Å². The molecule has 0 radical (unpaired) electrons. The maximum atomic E-state index is 10.8. The Balaban J connectivity index is 2.97. The maximum absolute atomic E-state index is 10.8. The van der Waals surface area contributed by atoms with E-state index < -0.39 is 4.92 Å². The Morgan fingerprint density at radius 1 is 1.47 bits per heavy atom. The van der Waals surface area contributed by atoms with Gasteiger partial charge in [0.1, 0.15) is 12.4 Å². The quantitative estimate of drug-likeness (QED) is 0.503. The van der Waals surface area contributed by atoms with Gasteiger partial charge in [0.15, 0.2) is 0 Å². The minimum Gasteiger partial charge on any atom is -0.481 e. The molecule has 0 amide bonds. The first-order valence-electron chi connectivity index (χ1n) is 5.92. The number of nitro groups is 1. The molecule has 0 aromatic heterocycles. The summed E-state index contributed by atoms with van der Waals surface area (Å²) < 4.78 is 5.39. The van der Waals surface area contributed by atoms with Gasteiger partial charge in [-0.1, -0.05) is 5.92 Å². The summed E-state index contributed by atoms with van der Waals surface area (Å²) >= 11 is 0. The SMILES string of the molecule is C#CCOc1ccc([N+](=O)[O-])cc1CNC(C)(C)C. The van der Waals surface area contributed by atoms with Crippen LogP contribution in [0.15, 0.2) is 18.2 Å². The fraction of sp³-hybridized carbons (Fsp3) is 0.429. The van der Waals surface area contributed by atoms with Crippen LogP contribution >= 0.6 is 0 Å². The number of benzene rings is 1. The molecule has 1 aromatic rings. The molecular formula is C14H18N2O3. The Hall–Kier alpha value is -2.06. The number of hydrogen-bond acceptors (Lipinski definition) is 4. The molecule has 0 aliphatic rings. The van der Waals surface area contributed by atoms with Crippen LogP contribution in [0.25, 0.3) is 0 Å². The Morgan fingerprint density at radius 2 is 2.16 bits per heavy atom. The average Bonchev–Trinajstić information content (AvgIpc) is 2.33. The van der Waals surface area contributed by atoms with Crippen molar-refractivity contribution < 1.29 is 9.66 Å². The predicted octanol–water partition coefficient (Wildman–Crippen LogP) is 2.49. The molecule has 0 aliphatic heterocycles. The summed E-state index contributed by atoms with van der Waals surface area (Å²) in [6.45, 7) is 6.68. The van der Waals surface area contributed by atoms with Gasteiger partial charge in [0.2, 0.25) is 0 Å². The molecule has 5 nitrogen and oxygen atoms in total. The van der Waals surface area contributed by atoms with E-state index in [-0.39, 0.29) is 17.8 Å². The van der Waals surface area contributed by atoms with Crippen molar-refractivity contribution in [2.45, 2.75) is 32.9 Å². The van der Waals surface area contributed by atoms with Gasteiger partial charge < -0.3 is 10.1 Å². The van der Waals surface area contributed by atoms with Gasteiger partial charge in [-0.25, -0.2) is 0 Å². The first-order valence-corrected chi connectivity index (χ1v) is 5.92. The van der Waals surface area contributed by atoms with Crippen molar-refractivity contribution >= 4 is 5.69 Å². The summed E-state index contributed by atoms with van der Waals surface area (Å²) in [6.07, 6.45) is 5.15. The van der Waals surface area contributed by atoms with Crippen molar-refractivity contribution in [3.63, 3.8) is 0 Å². The summed E-state index contributed by atoms with van der Waals surface area (Å²) in [5, 5.41) is 14.1. The highest BCUT2D eigenvalue weighted by Gasteiger charge is 2.14. The molecule has 1 rings (SSSR count).